The van der Waals surface area contributed by atoms with Crippen molar-refractivity contribution in [3.05, 3.63) is 59.4 Å². The molecular weight excluding hydrogens is 447 g/mol. The lowest BCUT2D eigenvalue weighted by molar-refractivity contribution is -0.125. The summed E-state index contributed by atoms with van der Waals surface area (Å²) in [5.41, 5.74) is 1.18. The molecule has 2 aromatic carbocycles. The number of ether oxygens (including phenoxy) is 2. The number of amides is 1. The van der Waals surface area contributed by atoms with Crippen LogP contribution in [0.4, 0.5) is 4.39 Å². The Balaban J connectivity index is 1.75. The minimum absolute atomic E-state index is 0.0866. The van der Waals surface area contributed by atoms with Gasteiger partial charge in [0, 0.05) is 32.8 Å². The Morgan fingerprint density at radius 1 is 1.06 bits per heavy atom. The van der Waals surface area contributed by atoms with Gasteiger partial charge < -0.3 is 14.4 Å². The fourth-order valence-electron chi connectivity index (χ4n) is 3.70. The highest BCUT2D eigenvalue weighted by atomic mass is 32.2. The van der Waals surface area contributed by atoms with Crippen molar-refractivity contribution in [2.75, 3.05) is 34.4 Å². The van der Waals surface area contributed by atoms with Crippen molar-refractivity contribution < 1.29 is 27.1 Å². The van der Waals surface area contributed by atoms with E-state index in [4.69, 9.17) is 9.47 Å². The summed E-state index contributed by atoms with van der Waals surface area (Å²) in [7, 11) is 0.728. The fourth-order valence-corrected chi connectivity index (χ4v) is 5.41. The fraction of sp³-hybridized carbons (Fsp3) is 0.375. The van der Waals surface area contributed by atoms with Gasteiger partial charge in [0.25, 0.3) is 0 Å². The van der Waals surface area contributed by atoms with Gasteiger partial charge in [-0.25, -0.2) is 12.8 Å². The van der Waals surface area contributed by atoms with Crippen LogP contribution in [0.5, 0.6) is 11.5 Å². The molecule has 0 aromatic heterocycles. The monoisotopic (exact) mass is 476 g/mol. The minimum atomic E-state index is -3.70. The van der Waals surface area contributed by atoms with Gasteiger partial charge in [0.1, 0.15) is 10.6 Å². The molecule has 0 bridgehead atoms. The number of nitrogens with zero attached hydrogens (tertiary/aromatic N) is 2. The van der Waals surface area contributed by atoms with Gasteiger partial charge in [-0.1, -0.05) is 18.6 Å². The maximum atomic E-state index is 13.9. The highest BCUT2D eigenvalue weighted by Crippen LogP contribution is 2.30. The molecule has 0 aliphatic carbocycles. The number of hydrogen-bond donors (Lipinski definition) is 0. The van der Waals surface area contributed by atoms with Crippen LogP contribution in [0.3, 0.4) is 0 Å². The number of piperidine rings is 1. The predicted molar refractivity (Wildman–Crippen MR) is 124 cm³/mol. The zero-order chi connectivity index (χ0) is 24.0. The number of methoxy groups -OCH3 is 2. The van der Waals surface area contributed by atoms with Crippen molar-refractivity contribution in [3.63, 3.8) is 0 Å². The van der Waals surface area contributed by atoms with Crippen LogP contribution in [0.2, 0.25) is 0 Å². The largest absolute Gasteiger partial charge is 0.495 e. The first-order valence-corrected chi connectivity index (χ1v) is 12.1. The van der Waals surface area contributed by atoms with Gasteiger partial charge in [-0.2, -0.15) is 4.31 Å². The number of halogens is 1. The van der Waals surface area contributed by atoms with Gasteiger partial charge in [-0.05, 0) is 54.3 Å². The van der Waals surface area contributed by atoms with Gasteiger partial charge in [0.2, 0.25) is 15.9 Å². The van der Waals surface area contributed by atoms with Gasteiger partial charge in [-0.15, -0.1) is 0 Å². The Morgan fingerprint density at radius 3 is 2.36 bits per heavy atom. The van der Waals surface area contributed by atoms with Gasteiger partial charge in [0.15, 0.2) is 11.6 Å². The smallest absolute Gasteiger partial charge is 0.246 e. The second-order valence-corrected chi connectivity index (χ2v) is 9.78. The van der Waals surface area contributed by atoms with E-state index in [0.29, 0.717) is 24.2 Å². The molecule has 9 heteroatoms. The number of hydrogen-bond acceptors (Lipinski definition) is 5. The Kier molecular flexibility index (Phi) is 8.10. The first-order chi connectivity index (χ1) is 15.8. The SMILES string of the molecule is COc1ccc(CN(C)C(=O)C=Cc2ccc(OC)c(S(=O)(=O)N3CCCCC3)c2)cc1F. The van der Waals surface area contributed by atoms with Crippen LogP contribution < -0.4 is 9.47 Å². The lowest BCUT2D eigenvalue weighted by Gasteiger charge is -2.26. The van der Waals surface area contributed by atoms with E-state index in [1.54, 1.807) is 31.3 Å². The molecular formula is C24H29FN2O5S. The molecule has 0 saturated carbocycles. The van der Waals surface area contributed by atoms with E-state index in [-0.39, 0.29) is 28.8 Å². The number of benzene rings is 2. The van der Waals surface area contributed by atoms with Crippen LogP contribution in [0.25, 0.3) is 6.08 Å². The van der Waals surface area contributed by atoms with E-state index < -0.39 is 15.8 Å². The summed E-state index contributed by atoms with van der Waals surface area (Å²) in [6, 6.07) is 9.33. The molecule has 1 heterocycles. The van der Waals surface area contributed by atoms with Gasteiger partial charge in [-0.3, -0.25) is 4.79 Å². The Labute approximate surface area is 194 Å². The van der Waals surface area contributed by atoms with E-state index >= 15 is 0 Å². The van der Waals surface area contributed by atoms with Crippen molar-refractivity contribution in [1.29, 1.82) is 0 Å². The third kappa shape index (κ3) is 5.91. The van der Waals surface area contributed by atoms with E-state index in [2.05, 4.69) is 0 Å². The number of likely N-dealkylation sites (N-methyl/N-ethyl adjacent to an activating group) is 1. The summed E-state index contributed by atoms with van der Waals surface area (Å²) < 4.78 is 51.9. The predicted octanol–water partition coefficient (Wildman–Crippen LogP) is 3.69. The first-order valence-electron chi connectivity index (χ1n) is 10.7. The van der Waals surface area contributed by atoms with Crippen molar-refractivity contribution in [3.8, 4) is 11.5 Å². The summed E-state index contributed by atoms with van der Waals surface area (Å²) in [5, 5.41) is 0. The quantitative estimate of drug-likeness (QED) is 0.543. The molecule has 1 amide bonds. The maximum Gasteiger partial charge on any atom is 0.246 e. The zero-order valence-corrected chi connectivity index (χ0v) is 19.9. The maximum absolute atomic E-state index is 13.9. The molecule has 1 fully saturated rings. The molecule has 0 N–H and O–H groups in total. The van der Waals surface area contributed by atoms with Crippen LogP contribution in [0, 0.1) is 5.82 Å². The Bertz CT molecular complexity index is 1130. The molecule has 7 nitrogen and oxygen atoms in total. The second-order valence-electron chi connectivity index (χ2n) is 7.87. The molecule has 0 unspecified atom stereocenters. The van der Waals surface area contributed by atoms with Crippen LogP contribution in [0.15, 0.2) is 47.4 Å². The van der Waals surface area contributed by atoms with E-state index in [1.165, 1.54) is 47.7 Å². The second kappa shape index (κ2) is 10.8. The molecule has 33 heavy (non-hydrogen) atoms. The number of rotatable bonds is 8. The van der Waals surface area contributed by atoms with Crippen LogP contribution in [0.1, 0.15) is 30.4 Å². The molecule has 178 valence electrons. The third-order valence-electron chi connectivity index (χ3n) is 5.55. The number of sulfonamides is 1. The molecule has 1 aliphatic heterocycles. The molecule has 3 rings (SSSR count). The van der Waals surface area contributed by atoms with Crippen LogP contribution >= 0.6 is 0 Å². The van der Waals surface area contributed by atoms with E-state index in [9.17, 15) is 17.6 Å². The van der Waals surface area contributed by atoms with Gasteiger partial charge >= 0.3 is 0 Å². The molecule has 1 aliphatic rings. The van der Waals surface area contributed by atoms with Crippen LogP contribution in [-0.4, -0.2) is 57.9 Å². The minimum Gasteiger partial charge on any atom is -0.495 e. The first kappa shape index (κ1) is 24.7. The van der Waals surface area contributed by atoms with Crippen molar-refractivity contribution >= 4 is 22.0 Å². The summed E-state index contributed by atoms with van der Waals surface area (Å²) in [4.78, 5) is 14.1. The standard InChI is InChI=1S/C24H29FN2O5S/c1-26(17-19-8-10-21(31-2)20(25)15-19)24(28)12-9-18-7-11-22(32-3)23(16-18)33(29,30)27-13-5-4-6-14-27/h7-12,15-16H,4-6,13-14,17H2,1-3H3. The topological polar surface area (TPSA) is 76.1 Å². The number of carbonyl (C=O) groups excluding carboxylic acids is 1. The highest BCUT2D eigenvalue weighted by molar-refractivity contribution is 7.89. The lowest BCUT2D eigenvalue weighted by atomic mass is 10.2. The Morgan fingerprint density at radius 2 is 1.73 bits per heavy atom. The molecule has 2 aromatic rings. The van der Waals surface area contributed by atoms with Crippen LogP contribution in [-0.2, 0) is 21.4 Å². The summed E-state index contributed by atoms with van der Waals surface area (Å²) >= 11 is 0. The summed E-state index contributed by atoms with van der Waals surface area (Å²) in [5.74, 6) is -0.389. The van der Waals surface area contributed by atoms with Crippen molar-refractivity contribution in [2.45, 2.75) is 30.7 Å². The Hall–Kier alpha value is -2.91. The third-order valence-corrected chi connectivity index (χ3v) is 7.47. The molecule has 1 saturated heterocycles. The van der Waals surface area contributed by atoms with E-state index in [0.717, 1.165) is 19.3 Å². The highest BCUT2D eigenvalue weighted by Gasteiger charge is 2.29. The number of carbonyl (C=O) groups is 1. The zero-order valence-electron chi connectivity index (χ0n) is 19.1. The molecule has 0 spiro atoms. The summed E-state index contributed by atoms with van der Waals surface area (Å²) in [6.45, 7) is 1.18. The van der Waals surface area contributed by atoms with Crippen molar-refractivity contribution in [1.82, 2.24) is 9.21 Å². The normalized spacial score (nSPS) is 14.9. The van der Waals surface area contributed by atoms with Gasteiger partial charge in [0.05, 0.1) is 14.2 Å². The van der Waals surface area contributed by atoms with Crippen molar-refractivity contribution in [2.24, 2.45) is 0 Å². The summed E-state index contributed by atoms with van der Waals surface area (Å²) in [6.07, 6.45) is 5.60. The van der Waals surface area contributed by atoms with E-state index in [1.807, 2.05) is 0 Å². The average Bonchev–Trinajstić information content (AvgIpc) is 2.83. The average molecular weight is 477 g/mol. The lowest BCUT2D eigenvalue weighted by Crippen LogP contribution is -2.35. The molecule has 0 radical (unpaired) electrons. The molecule has 0 atom stereocenters.